The first-order chi connectivity index (χ1) is 10.4. The Morgan fingerprint density at radius 3 is 2.50 bits per heavy atom. The lowest BCUT2D eigenvalue weighted by Crippen LogP contribution is -2.58. The minimum absolute atomic E-state index is 0.0336. The maximum atomic E-state index is 12.2. The van der Waals surface area contributed by atoms with Crippen molar-refractivity contribution in [3.05, 3.63) is 0 Å². The fourth-order valence-corrected chi connectivity index (χ4v) is 2.34. The number of rotatable bonds is 7. The van der Waals surface area contributed by atoms with Crippen LogP contribution < -0.4 is 21.7 Å². The Bertz CT molecular complexity index is 408. The number of nitrogens with two attached hydrogens (primary N) is 1. The number of aliphatic hydroxyl groups is 1. The number of ketones is 1. The van der Waals surface area contributed by atoms with E-state index in [0.29, 0.717) is 6.54 Å². The van der Waals surface area contributed by atoms with Crippen molar-refractivity contribution in [1.29, 1.82) is 0 Å². The van der Waals surface area contributed by atoms with Crippen molar-refractivity contribution in [1.82, 2.24) is 16.0 Å². The second kappa shape index (κ2) is 8.82. The average molecular weight is 314 g/mol. The minimum atomic E-state index is -1.11. The highest BCUT2D eigenvalue weighted by atomic mass is 16.3. The highest BCUT2D eigenvalue weighted by Gasteiger charge is 2.31. The number of aliphatic hydroxyl groups excluding tert-OH is 1. The summed E-state index contributed by atoms with van der Waals surface area (Å²) in [4.78, 5) is 35.7. The molecule has 0 spiro atoms. The molecule has 8 heteroatoms. The van der Waals surface area contributed by atoms with Gasteiger partial charge >= 0.3 is 0 Å². The summed E-state index contributed by atoms with van der Waals surface area (Å²) in [7, 11) is 0. The molecule has 8 nitrogen and oxygen atoms in total. The second-order valence-electron chi connectivity index (χ2n) is 5.68. The third-order valence-corrected chi connectivity index (χ3v) is 3.77. The lowest BCUT2D eigenvalue weighted by atomic mass is 9.98. The summed E-state index contributed by atoms with van der Waals surface area (Å²) in [6, 6.07) is -1.93. The van der Waals surface area contributed by atoms with E-state index < -0.39 is 24.1 Å². The van der Waals surface area contributed by atoms with Gasteiger partial charge in [0.2, 0.25) is 11.8 Å². The molecule has 0 aliphatic carbocycles. The quantitative estimate of drug-likeness (QED) is 0.365. The first-order valence-electron chi connectivity index (χ1n) is 7.56. The largest absolute Gasteiger partial charge is 0.391 e. The number of piperidine rings is 1. The Labute approximate surface area is 130 Å². The van der Waals surface area contributed by atoms with Gasteiger partial charge in [-0.05, 0) is 33.2 Å². The van der Waals surface area contributed by atoms with Crippen LogP contribution in [0.2, 0.25) is 0 Å². The Morgan fingerprint density at radius 1 is 1.36 bits per heavy atom. The van der Waals surface area contributed by atoms with Crippen LogP contribution >= 0.6 is 0 Å². The molecular weight excluding hydrogens is 288 g/mol. The lowest BCUT2D eigenvalue weighted by Gasteiger charge is -2.27. The molecule has 0 aromatic heterocycles. The normalized spacial score (nSPS) is 22.3. The molecule has 1 heterocycles. The molecule has 6 N–H and O–H groups in total. The van der Waals surface area contributed by atoms with Crippen LogP contribution in [0.1, 0.15) is 26.7 Å². The van der Waals surface area contributed by atoms with Crippen LogP contribution in [-0.2, 0) is 14.4 Å². The van der Waals surface area contributed by atoms with Gasteiger partial charge in [0.1, 0.15) is 6.04 Å². The van der Waals surface area contributed by atoms with Gasteiger partial charge in [-0.15, -0.1) is 0 Å². The second-order valence-corrected chi connectivity index (χ2v) is 5.68. The maximum Gasteiger partial charge on any atom is 0.245 e. The van der Waals surface area contributed by atoms with Crippen LogP contribution in [0.15, 0.2) is 0 Å². The summed E-state index contributed by atoms with van der Waals surface area (Å²) in [5.41, 5.74) is 5.42. The SMILES string of the molecule is CC(=O)[C@H](CN)NC(=O)[C@@H](NC(=O)[C@H]1CCCNC1)[C@H](C)O. The highest BCUT2D eigenvalue weighted by molar-refractivity contribution is 5.92. The third-order valence-electron chi connectivity index (χ3n) is 3.77. The topological polar surface area (TPSA) is 134 Å². The molecule has 1 rings (SSSR count). The zero-order chi connectivity index (χ0) is 16.7. The van der Waals surface area contributed by atoms with Gasteiger partial charge in [0.25, 0.3) is 0 Å². The average Bonchev–Trinajstić information content (AvgIpc) is 2.49. The van der Waals surface area contributed by atoms with Crippen LogP contribution in [0.5, 0.6) is 0 Å². The lowest BCUT2D eigenvalue weighted by molar-refractivity contribution is -0.135. The molecule has 126 valence electrons. The molecule has 22 heavy (non-hydrogen) atoms. The van der Waals surface area contributed by atoms with E-state index in [1.807, 2.05) is 0 Å². The molecule has 1 saturated heterocycles. The van der Waals surface area contributed by atoms with Gasteiger partial charge in [-0.1, -0.05) is 0 Å². The molecule has 1 aliphatic heterocycles. The van der Waals surface area contributed by atoms with Crippen molar-refractivity contribution >= 4 is 17.6 Å². The van der Waals surface area contributed by atoms with Crippen LogP contribution in [-0.4, -0.2) is 60.5 Å². The van der Waals surface area contributed by atoms with E-state index in [4.69, 9.17) is 5.73 Å². The molecule has 0 bridgehead atoms. The Morgan fingerprint density at radius 2 is 2.05 bits per heavy atom. The number of Topliss-reactive ketones (excluding diaryl/α,β-unsaturated/α-hetero) is 1. The van der Waals surface area contributed by atoms with Gasteiger partial charge in [-0.25, -0.2) is 0 Å². The van der Waals surface area contributed by atoms with Gasteiger partial charge in [-0.3, -0.25) is 14.4 Å². The molecule has 0 radical (unpaired) electrons. The maximum absolute atomic E-state index is 12.2. The summed E-state index contributed by atoms with van der Waals surface area (Å²) < 4.78 is 0. The van der Waals surface area contributed by atoms with Gasteiger partial charge in [0, 0.05) is 13.1 Å². The molecule has 1 aliphatic rings. The van der Waals surface area contributed by atoms with Gasteiger partial charge in [-0.2, -0.15) is 0 Å². The summed E-state index contributed by atoms with van der Waals surface area (Å²) in [6.45, 7) is 4.13. The zero-order valence-corrected chi connectivity index (χ0v) is 13.1. The number of carbonyl (C=O) groups excluding carboxylic acids is 3. The summed E-state index contributed by atoms with van der Waals surface area (Å²) >= 11 is 0. The molecular formula is C14H26N4O4. The third kappa shape index (κ3) is 5.36. The van der Waals surface area contributed by atoms with Crippen molar-refractivity contribution in [2.75, 3.05) is 19.6 Å². The van der Waals surface area contributed by atoms with E-state index in [2.05, 4.69) is 16.0 Å². The van der Waals surface area contributed by atoms with Crippen molar-refractivity contribution in [3.8, 4) is 0 Å². The molecule has 0 aromatic rings. The van der Waals surface area contributed by atoms with Gasteiger partial charge < -0.3 is 26.8 Å². The van der Waals surface area contributed by atoms with Crippen molar-refractivity contribution in [2.45, 2.75) is 44.9 Å². The number of nitrogens with one attached hydrogen (secondary N) is 3. The highest BCUT2D eigenvalue weighted by Crippen LogP contribution is 2.10. The van der Waals surface area contributed by atoms with E-state index in [1.165, 1.54) is 13.8 Å². The Balaban J connectivity index is 2.65. The van der Waals surface area contributed by atoms with Gasteiger partial charge in [0.15, 0.2) is 5.78 Å². The molecule has 2 amide bonds. The smallest absolute Gasteiger partial charge is 0.245 e. The van der Waals surface area contributed by atoms with Crippen LogP contribution in [0.25, 0.3) is 0 Å². The van der Waals surface area contributed by atoms with Crippen molar-refractivity contribution < 1.29 is 19.5 Å². The molecule has 0 unspecified atom stereocenters. The zero-order valence-electron chi connectivity index (χ0n) is 13.1. The van der Waals surface area contributed by atoms with E-state index >= 15 is 0 Å². The molecule has 1 fully saturated rings. The number of hydrogen-bond donors (Lipinski definition) is 5. The Kier molecular flexibility index (Phi) is 7.43. The van der Waals surface area contributed by atoms with E-state index in [-0.39, 0.29) is 24.2 Å². The van der Waals surface area contributed by atoms with Crippen molar-refractivity contribution in [3.63, 3.8) is 0 Å². The standard InChI is InChI=1S/C14H26N4O4/c1-8(19)11(6-15)17-14(22)12(9(2)20)18-13(21)10-4-3-5-16-7-10/h9-12,16,20H,3-7,15H2,1-2H3,(H,17,22)(H,18,21)/t9-,10-,11-,12-/m0/s1. The Hall–Kier alpha value is -1.51. The van der Waals surface area contributed by atoms with Crippen molar-refractivity contribution in [2.24, 2.45) is 11.7 Å². The van der Waals surface area contributed by atoms with Crippen LogP contribution in [0.4, 0.5) is 0 Å². The fourth-order valence-electron chi connectivity index (χ4n) is 2.34. The first-order valence-corrected chi connectivity index (χ1v) is 7.56. The predicted octanol–water partition coefficient (Wildman–Crippen LogP) is -2.12. The van der Waals surface area contributed by atoms with E-state index in [1.54, 1.807) is 0 Å². The molecule has 0 aromatic carbocycles. The predicted molar refractivity (Wildman–Crippen MR) is 80.9 cm³/mol. The summed E-state index contributed by atoms with van der Waals surface area (Å²) in [5, 5.41) is 17.9. The number of carbonyl (C=O) groups is 3. The fraction of sp³-hybridized carbons (Fsp3) is 0.786. The van der Waals surface area contributed by atoms with Crippen LogP contribution in [0, 0.1) is 5.92 Å². The number of amides is 2. The van der Waals surface area contributed by atoms with Crippen LogP contribution in [0.3, 0.4) is 0 Å². The van der Waals surface area contributed by atoms with E-state index in [9.17, 15) is 19.5 Å². The summed E-state index contributed by atoms with van der Waals surface area (Å²) in [6.07, 6.45) is 0.556. The number of hydrogen-bond acceptors (Lipinski definition) is 6. The first kappa shape index (κ1) is 18.5. The van der Waals surface area contributed by atoms with E-state index in [0.717, 1.165) is 19.4 Å². The molecule has 4 atom stereocenters. The minimum Gasteiger partial charge on any atom is -0.391 e. The molecule has 0 saturated carbocycles. The van der Waals surface area contributed by atoms with Gasteiger partial charge in [0.05, 0.1) is 18.1 Å². The summed E-state index contributed by atoms with van der Waals surface area (Å²) in [5.74, 6) is -1.39. The monoisotopic (exact) mass is 314 g/mol.